The second-order valence-electron chi connectivity index (χ2n) is 5.32. The first-order valence-corrected chi connectivity index (χ1v) is 9.01. The number of hydrogen-bond donors (Lipinski definition) is 2. The number of nitrogens with one attached hydrogen (secondary N) is 2. The van der Waals surface area contributed by atoms with Crippen LogP contribution in [0.25, 0.3) is 0 Å². The van der Waals surface area contributed by atoms with E-state index < -0.39 is 10.0 Å². The molecule has 1 aromatic carbocycles. The first kappa shape index (κ1) is 16.3. The van der Waals surface area contributed by atoms with Gasteiger partial charge in [0, 0.05) is 32.0 Å². The normalized spacial score (nSPS) is 15.1. The summed E-state index contributed by atoms with van der Waals surface area (Å²) in [6.45, 7) is 4.65. The monoisotopic (exact) mass is 312 g/mol. The third-order valence-corrected chi connectivity index (χ3v) is 4.91. The quantitative estimate of drug-likeness (QED) is 0.650. The number of sulfonamides is 1. The minimum Gasteiger partial charge on any atom is -0.385 e. The molecule has 1 aromatic rings. The molecule has 21 heavy (non-hydrogen) atoms. The smallest absolute Gasteiger partial charge is 0.240 e. The zero-order valence-electron chi connectivity index (χ0n) is 12.5. The Morgan fingerprint density at radius 2 is 1.95 bits per heavy atom. The van der Waals surface area contributed by atoms with Gasteiger partial charge in [-0.25, -0.2) is 13.1 Å². The molecule has 0 aromatic heterocycles. The van der Waals surface area contributed by atoms with Gasteiger partial charge >= 0.3 is 0 Å². The Kier molecular flexibility index (Phi) is 6.02. The van der Waals surface area contributed by atoms with Crippen LogP contribution in [0.15, 0.2) is 29.2 Å². The van der Waals surface area contributed by atoms with Crippen molar-refractivity contribution in [2.45, 2.75) is 31.1 Å². The number of benzene rings is 1. The average Bonchev–Trinajstić information content (AvgIpc) is 3.27. The van der Waals surface area contributed by atoms with E-state index >= 15 is 0 Å². The average molecular weight is 312 g/mol. The summed E-state index contributed by atoms with van der Waals surface area (Å²) in [4.78, 5) is 0.294. The lowest BCUT2D eigenvalue weighted by atomic mass is 10.3. The fraction of sp³-hybridized carbons (Fsp3) is 0.600. The Balaban J connectivity index is 1.69. The summed E-state index contributed by atoms with van der Waals surface area (Å²) in [5.41, 5.74) is 0.924. The minimum atomic E-state index is -3.36. The van der Waals surface area contributed by atoms with E-state index in [1.807, 2.05) is 0 Å². The Morgan fingerprint density at radius 1 is 1.24 bits per heavy atom. The first-order valence-electron chi connectivity index (χ1n) is 7.53. The van der Waals surface area contributed by atoms with Gasteiger partial charge in [0.15, 0.2) is 0 Å². The molecular weight excluding hydrogens is 288 g/mol. The van der Waals surface area contributed by atoms with Crippen LogP contribution in [-0.4, -0.2) is 34.7 Å². The van der Waals surface area contributed by atoms with Crippen molar-refractivity contribution in [3.63, 3.8) is 0 Å². The molecule has 1 fully saturated rings. The molecular formula is C15H24N2O3S. The third-order valence-electron chi connectivity index (χ3n) is 3.34. The van der Waals surface area contributed by atoms with Crippen LogP contribution in [0, 0.1) is 5.92 Å². The van der Waals surface area contributed by atoms with Crippen molar-refractivity contribution in [3.05, 3.63) is 24.3 Å². The van der Waals surface area contributed by atoms with Crippen molar-refractivity contribution in [2.75, 3.05) is 31.6 Å². The Hall–Kier alpha value is -1.11. The summed E-state index contributed by atoms with van der Waals surface area (Å²) in [6, 6.07) is 6.80. The van der Waals surface area contributed by atoms with E-state index in [2.05, 4.69) is 10.0 Å². The van der Waals surface area contributed by atoms with E-state index in [4.69, 9.17) is 4.74 Å². The molecule has 0 saturated heterocycles. The fourth-order valence-electron chi connectivity index (χ4n) is 1.97. The van der Waals surface area contributed by atoms with Gasteiger partial charge in [0.1, 0.15) is 0 Å². The lowest BCUT2D eigenvalue weighted by molar-refractivity contribution is 0.124. The van der Waals surface area contributed by atoms with Gasteiger partial charge in [-0.05, 0) is 49.4 Å². The molecule has 2 rings (SSSR count). The van der Waals surface area contributed by atoms with E-state index in [9.17, 15) is 8.42 Å². The summed E-state index contributed by atoms with van der Waals surface area (Å²) >= 11 is 0. The summed E-state index contributed by atoms with van der Waals surface area (Å²) in [5, 5.41) is 3.26. The van der Waals surface area contributed by atoms with Crippen LogP contribution in [0.2, 0.25) is 0 Å². The fourth-order valence-corrected chi connectivity index (χ4v) is 3.01. The van der Waals surface area contributed by atoms with Gasteiger partial charge in [0.05, 0.1) is 4.90 Å². The van der Waals surface area contributed by atoms with Gasteiger partial charge in [-0.3, -0.25) is 0 Å². The molecule has 0 aliphatic heterocycles. The van der Waals surface area contributed by atoms with E-state index in [1.54, 1.807) is 31.2 Å². The Morgan fingerprint density at radius 3 is 2.57 bits per heavy atom. The molecule has 1 aliphatic rings. The third kappa shape index (κ3) is 5.65. The zero-order chi connectivity index (χ0) is 15.1. The molecule has 0 amide bonds. The molecule has 0 atom stereocenters. The molecule has 1 saturated carbocycles. The lowest BCUT2D eigenvalue weighted by Crippen LogP contribution is -2.23. The maximum Gasteiger partial charge on any atom is 0.240 e. The first-order chi connectivity index (χ1) is 10.1. The summed E-state index contributed by atoms with van der Waals surface area (Å²) in [6.07, 6.45) is 3.59. The van der Waals surface area contributed by atoms with Gasteiger partial charge < -0.3 is 10.1 Å². The van der Waals surface area contributed by atoms with E-state index in [-0.39, 0.29) is 0 Å². The maximum atomic E-state index is 11.8. The van der Waals surface area contributed by atoms with Crippen LogP contribution in [-0.2, 0) is 14.8 Å². The Labute approximate surface area is 127 Å². The van der Waals surface area contributed by atoms with E-state index in [1.165, 1.54) is 12.8 Å². The second-order valence-corrected chi connectivity index (χ2v) is 7.09. The van der Waals surface area contributed by atoms with Crippen molar-refractivity contribution in [1.29, 1.82) is 0 Å². The molecule has 0 unspecified atom stereocenters. The zero-order valence-corrected chi connectivity index (χ0v) is 13.3. The molecule has 5 nitrogen and oxygen atoms in total. The van der Waals surface area contributed by atoms with Gasteiger partial charge in [-0.2, -0.15) is 0 Å². The number of rotatable bonds is 10. The van der Waals surface area contributed by atoms with Crippen LogP contribution in [0.1, 0.15) is 26.2 Å². The minimum absolute atomic E-state index is 0.294. The predicted octanol–water partition coefficient (Wildman–Crippen LogP) is 2.21. The standard InChI is InChI=1S/C15H24N2O3S/c1-2-17-21(18,19)15-8-6-14(7-9-15)16-10-3-11-20-12-13-4-5-13/h6-9,13,16-17H,2-5,10-12H2,1H3. The topological polar surface area (TPSA) is 67.4 Å². The molecule has 0 bridgehead atoms. The highest BCUT2D eigenvalue weighted by atomic mass is 32.2. The summed E-state index contributed by atoms with van der Waals surface area (Å²) < 4.78 is 31.6. The SMILES string of the molecule is CCNS(=O)(=O)c1ccc(NCCCOCC2CC2)cc1. The molecule has 0 spiro atoms. The molecule has 0 radical (unpaired) electrons. The van der Waals surface area contributed by atoms with E-state index in [0.29, 0.717) is 11.4 Å². The molecule has 0 heterocycles. The van der Waals surface area contributed by atoms with Crippen LogP contribution in [0.3, 0.4) is 0 Å². The van der Waals surface area contributed by atoms with Crippen LogP contribution >= 0.6 is 0 Å². The van der Waals surface area contributed by atoms with Gasteiger partial charge in [0.25, 0.3) is 0 Å². The van der Waals surface area contributed by atoms with Crippen LogP contribution in [0.5, 0.6) is 0 Å². The van der Waals surface area contributed by atoms with Gasteiger partial charge in [0.2, 0.25) is 10.0 Å². The number of anilines is 1. The highest BCUT2D eigenvalue weighted by molar-refractivity contribution is 7.89. The molecule has 2 N–H and O–H groups in total. The number of ether oxygens (including phenoxy) is 1. The molecule has 1 aliphatic carbocycles. The predicted molar refractivity (Wildman–Crippen MR) is 84.0 cm³/mol. The highest BCUT2D eigenvalue weighted by Gasteiger charge is 2.20. The second kappa shape index (κ2) is 7.77. The van der Waals surface area contributed by atoms with Crippen LogP contribution < -0.4 is 10.0 Å². The Bertz CT molecular complexity index is 524. The molecule has 118 valence electrons. The highest BCUT2D eigenvalue weighted by Crippen LogP contribution is 2.28. The van der Waals surface area contributed by atoms with Crippen molar-refractivity contribution < 1.29 is 13.2 Å². The van der Waals surface area contributed by atoms with E-state index in [0.717, 1.165) is 37.8 Å². The maximum absolute atomic E-state index is 11.8. The number of hydrogen-bond acceptors (Lipinski definition) is 4. The van der Waals surface area contributed by atoms with Crippen LogP contribution in [0.4, 0.5) is 5.69 Å². The largest absolute Gasteiger partial charge is 0.385 e. The summed E-state index contributed by atoms with van der Waals surface area (Å²) in [5.74, 6) is 0.809. The van der Waals surface area contributed by atoms with Crippen molar-refractivity contribution in [3.8, 4) is 0 Å². The lowest BCUT2D eigenvalue weighted by Gasteiger charge is -2.08. The van der Waals surface area contributed by atoms with Gasteiger partial charge in [-0.1, -0.05) is 6.92 Å². The van der Waals surface area contributed by atoms with Crippen molar-refractivity contribution in [1.82, 2.24) is 4.72 Å². The molecule has 6 heteroatoms. The van der Waals surface area contributed by atoms with Crippen molar-refractivity contribution in [2.24, 2.45) is 5.92 Å². The summed E-state index contributed by atoms with van der Waals surface area (Å²) in [7, 11) is -3.36. The van der Waals surface area contributed by atoms with Gasteiger partial charge in [-0.15, -0.1) is 0 Å². The van der Waals surface area contributed by atoms with Crippen molar-refractivity contribution >= 4 is 15.7 Å².